The molecule has 1 amide bonds. The highest BCUT2D eigenvalue weighted by atomic mass is 32.2. The lowest BCUT2D eigenvalue weighted by Gasteiger charge is -2.25. The molecule has 1 aliphatic heterocycles. The molecule has 2 aromatic rings. The van der Waals surface area contributed by atoms with Crippen LogP contribution in [0.4, 0.5) is 8.78 Å². The first-order valence-corrected chi connectivity index (χ1v) is 9.42. The third-order valence-electron chi connectivity index (χ3n) is 3.91. The van der Waals surface area contributed by atoms with Gasteiger partial charge >= 0.3 is 0 Å². The molecule has 26 heavy (non-hydrogen) atoms. The van der Waals surface area contributed by atoms with Crippen LogP contribution < -0.4 is 4.74 Å². The van der Waals surface area contributed by atoms with Crippen molar-refractivity contribution in [3.05, 3.63) is 65.2 Å². The third kappa shape index (κ3) is 4.36. The number of rotatable bonds is 4. The van der Waals surface area contributed by atoms with Gasteiger partial charge in [-0.3, -0.25) is 4.79 Å². The molecule has 0 saturated carbocycles. The van der Waals surface area contributed by atoms with Crippen LogP contribution in [0, 0.1) is 11.6 Å². The maximum absolute atomic E-state index is 14.0. The Morgan fingerprint density at radius 2 is 1.85 bits per heavy atom. The van der Waals surface area contributed by atoms with Crippen LogP contribution in [0.3, 0.4) is 0 Å². The zero-order valence-electron chi connectivity index (χ0n) is 15.0. The van der Waals surface area contributed by atoms with Crippen molar-refractivity contribution in [1.82, 2.24) is 4.90 Å². The van der Waals surface area contributed by atoms with Crippen LogP contribution in [0.1, 0.15) is 37.3 Å². The van der Waals surface area contributed by atoms with Crippen LogP contribution in [0.15, 0.2) is 42.5 Å². The minimum Gasteiger partial charge on any atom is -0.488 e. The number of carbonyl (C=O) groups excluding carboxylic acids is 1. The van der Waals surface area contributed by atoms with Crippen molar-refractivity contribution in [1.29, 1.82) is 0 Å². The second-order valence-corrected chi connectivity index (χ2v) is 8.27. The number of nitrogens with zero attached hydrogens (tertiary/aromatic N) is 1. The molecular formula is C20H21F2NO2S. The Morgan fingerprint density at radius 1 is 1.15 bits per heavy atom. The summed E-state index contributed by atoms with van der Waals surface area (Å²) in [6, 6.07) is 11.0. The van der Waals surface area contributed by atoms with E-state index in [0.717, 1.165) is 17.4 Å². The summed E-state index contributed by atoms with van der Waals surface area (Å²) in [6.45, 7) is 6.05. The second kappa shape index (κ2) is 7.27. The monoisotopic (exact) mass is 377 g/mol. The summed E-state index contributed by atoms with van der Waals surface area (Å²) in [5.41, 5.74) is 0.968. The Labute approximate surface area is 156 Å². The molecule has 1 aliphatic rings. The summed E-state index contributed by atoms with van der Waals surface area (Å²) in [4.78, 5) is 13.9. The van der Waals surface area contributed by atoms with Crippen molar-refractivity contribution in [2.45, 2.75) is 38.3 Å². The van der Waals surface area contributed by atoms with Gasteiger partial charge in [-0.05, 0) is 44.5 Å². The summed E-state index contributed by atoms with van der Waals surface area (Å²) < 4.78 is 32.9. The number of ether oxygens (including phenoxy) is 1. The minimum atomic E-state index is -0.637. The highest BCUT2D eigenvalue weighted by molar-refractivity contribution is 8.00. The quantitative estimate of drug-likeness (QED) is 0.758. The predicted octanol–water partition coefficient (Wildman–Crippen LogP) is 4.92. The van der Waals surface area contributed by atoms with Gasteiger partial charge < -0.3 is 9.64 Å². The summed E-state index contributed by atoms with van der Waals surface area (Å²) in [5, 5.41) is -0.198. The first-order chi connectivity index (χ1) is 12.2. The van der Waals surface area contributed by atoms with Crippen LogP contribution in [0.5, 0.6) is 5.75 Å². The highest BCUT2D eigenvalue weighted by Gasteiger charge is 2.33. The molecule has 2 aromatic carbocycles. The summed E-state index contributed by atoms with van der Waals surface area (Å²) >= 11 is 1.50. The molecule has 1 heterocycles. The van der Waals surface area contributed by atoms with Crippen LogP contribution in [0.25, 0.3) is 0 Å². The van der Waals surface area contributed by atoms with Crippen molar-refractivity contribution in [2.24, 2.45) is 0 Å². The van der Waals surface area contributed by atoms with Crippen LogP contribution in [-0.2, 0) is 11.3 Å². The summed E-state index contributed by atoms with van der Waals surface area (Å²) in [5.74, 6) is -0.222. The molecule has 138 valence electrons. The van der Waals surface area contributed by atoms with Gasteiger partial charge in [0.2, 0.25) is 5.91 Å². The van der Waals surface area contributed by atoms with Gasteiger partial charge in [0.05, 0.1) is 5.75 Å². The fraction of sp³-hybridized carbons (Fsp3) is 0.350. The van der Waals surface area contributed by atoms with Crippen molar-refractivity contribution in [2.75, 3.05) is 5.75 Å². The van der Waals surface area contributed by atoms with E-state index >= 15 is 0 Å². The summed E-state index contributed by atoms with van der Waals surface area (Å²) in [6.07, 6.45) is 0. The van der Waals surface area contributed by atoms with Gasteiger partial charge in [0, 0.05) is 18.2 Å². The standard InChI is InChI=1S/C20H21F2NO2S/c1-20(2,3)25-16-8-5-13(6-9-16)19-23(18(24)12-26-19)11-14-4-7-15(21)10-17(14)22/h4-10,19H,11-12H2,1-3H3. The van der Waals surface area contributed by atoms with Gasteiger partial charge in [-0.15, -0.1) is 11.8 Å². The molecular weight excluding hydrogens is 356 g/mol. The van der Waals surface area contributed by atoms with E-state index in [9.17, 15) is 13.6 Å². The van der Waals surface area contributed by atoms with Crippen LogP contribution >= 0.6 is 11.8 Å². The SMILES string of the molecule is CC(C)(C)Oc1ccc(C2SCC(=O)N2Cc2ccc(F)cc2F)cc1. The molecule has 1 unspecified atom stereocenters. The van der Waals surface area contributed by atoms with Gasteiger partial charge in [0.25, 0.3) is 0 Å². The van der Waals surface area contributed by atoms with Crippen molar-refractivity contribution >= 4 is 17.7 Å². The van der Waals surface area contributed by atoms with Crippen molar-refractivity contribution < 1.29 is 18.3 Å². The maximum Gasteiger partial charge on any atom is 0.234 e. The second-order valence-electron chi connectivity index (χ2n) is 7.20. The van der Waals surface area contributed by atoms with Gasteiger partial charge in [-0.2, -0.15) is 0 Å². The third-order valence-corrected chi connectivity index (χ3v) is 5.17. The van der Waals surface area contributed by atoms with Crippen molar-refractivity contribution in [3.63, 3.8) is 0 Å². The Morgan fingerprint density at radius 3 is 2.46 bits per heavy atom. The predicted molar refractivity (Wildman–Crippen MR) is 98.9 cm³/mol. The lowest BCUT2D eigenvalue weighted by molar-refractivity contribution is -0.128. The topological polar surface area (TPSA) is 29.5 Å². The number of hydrogen-bond acceptors (Lipinski definition) is 3. The first kappa shape index (κ1) is 18.7. The van der Waals surface area contributed by atoms with E-state index < -0.39 is 11.6 Å². The van der Waals surface area contributed by atoms with Gasteiger partial charge in [-0.1, -0.05) is 18.2 Å². The molecule has 0 aromatic heterocycles. The van der Waals surface area contributed by atoms with Crippen LogP contribution in [0.2, 0.25) is 0 Å². The Hall–Kier alpha value is -2.08. The summed E-state index contributed by atoms with van der Waals surface area (Å²) in [7, 11) is 0. The van der Waals surface area contributed by atoms with Crippen LogP contribution in [-0.4, -0.2) is 22.2 Å². The maximum atomic E-state index is 14.0. The lowest BCUT2D eigenvalue weighted by Crippen LogP contribution is -2.28. The minimum absolute atomic E-state index is 0.0567. The smallest absolute Gasteiger partial charge is 0.234 e. The Bertz CT molecular complexity index is 802. The zero-order chi connectivity index (χ0) is 18.9. The average Bonchev–Trinajstić information content (AvgIpc) is 2.90. The van der Waals surface area contributed by atoms with E-state index in [0.29, 0.717) is 11.3 Å². The molecule has 0 aliphatic carbocycles. The Kier molecular flexibility index (Phi) is 5.23. The van der Waals surface area contributed by atoms with E-state index in [4.69, 9.17) is 4.74 Å². The lowest BCUT2D eigenvalue weighted by atomic mass is 10.1. The number of carbonyl (C=O) groups is 1. The van der Waals surface area contributed by atoms with E-state index in [1.165, 1.54) is 23.9 Å². The molecule has 3 nitrogen and oxygen atoms in total. The molecule has 0 bridgehead atoms. The molecule has 0 spiro atoms. The molecule has 0 N–H and O–H groups in total. The number of benzene rings is 2. The Balaban J connectivity index is 1.79. The number of halogens is 2. The number of amides is 1. The largest absolute Gasteiger partial charge is 0.488 e. The van der Waals surface area contributed by atoms with E-state index in [1.54, 1.807) is 4.90 Å². The normalized spacial score (nSPS) is 17.7. The van der Waals surface area contributed by atoms with Gasteiger partial charge in [-0.25, -0.2) is 8.78 Å². The first-order valence-electron chi connectivity index (χ1n) is 8.37. The fourth-order valence-corrected chi connectivity index (χ4v) is 3.98. The van der Waals surface area contributed by atoms with Crippen molar-refractivity contribution in [3.8, 4) is 5.75 Å². The molecule has 1 saturated heterocycles. The highest BCUT2D eigenvalue weighted by Crippen LogP contribution is 2.40. The molecule has 1 fully saturated rings. The molecule has 3 rings (SSSR count). The van der Waals surface area contributed by atoms with E-state index in [2.05, 4.69) is 0 Å². The molecule has 6 heteroatoms. The van der Waals surface area contributed by atoms with E-state index in [1.807, 2.05) is 45.0 Å². The van der Waals surface area contributed by atoms with Gasteiger partial charge in [0.1, 0.15) is 28.4 Å². The number of thioether (sulfide) groups is 1. The number of hydrogen-bond donors (Lipinski definition) is 0. The van der Waals surface area contributed by atoms with E-state index in [-0.39, 0.29) is 23.4 Å². The molecule has 1 atom stereocenters. The molecule has 0 radical (unpaired) electrons. The van der Waals surface area contributed by atoms with Gasteiger partial charge in [0.15, 0.2) is 0 Å². The zero-order valence-corrected chi connectivity index (χ0v) is 15.8. The fourth-order valence-electron chi connectivity index (χ4n) is 2.79. The average molecular weight is 377 g/mol.